The van der Waals surface area contributed by atoms with Crippen molar-refractivity contribution < 1.29 is 13.2 Å². The van der Waals surface area contributed by atoms with Gasteiger partial charge in [0, 0.05) is 6.26 Å². The molecule has 0 aliphatic heterocycles. The molecule has 7 nitrogen and oxygen atoms in total. The van der Waals surface area contributed by atoms with Crippen molar-refractivity contribution in [2.45, 2.75) is 30.7 Å². The van der Waals surface area contributed by atoms with Crippen LogP contribution in [-0.4, -0.2) is 36.4 Å². The van der Waals surface area contributed by atoms with Crippen LogP contribution >= 0.6 is 12.4 Å². The van der Waals surface area contributed by atoms with E-state index in [-0.39, 0.29) is 23.2 Å². The maximum atomic E-state index is 11.9. The molecular weight excluding hydrogens is 352 g/mol. The van der Waals surface area contributed by atoms with Crippen molar-refractivity contribution in [2.75, 3.05) is 11.6 Å². The fourth-order valence-corrected chi connectivity index (χ4v) is 3.02. The van der Waals surface area contributed by atoms with Crippen LogP contribution in [0.1, 0.15) is 19.8 Å². The number of rotatable bonds is 6. The van der Waals surface area contributed by atoms with Crippen LogP contribution in [0.25, 0.3) is 5.69 Å². The number of hydrogen-bond acceptors (Lipinski definition) is 5. The summed E-state index contributed by atoms with van der Waals surface area (Å²) >= 11 is 0. The van der Waals surface area contributed by atoms with Crippen LogP contribution in [0, 0.1) is 0 Å². The van der Waals surface area contributed by atoms with E-state index in [0.29, 0.717) is 17.8 Å². The molecule has 0 saturated heterocycles. The van der Waals surface area contributed by atoms with Crippen molar-refractivity contribution >= 4 is 33.8 Å². The molecule has 1 aromatic heterocycles. The molecule has 1 heterocycles. The highest BCUT2D eigenvalue weighted by molar-refractivity contribution is 7.90. The number of carbonyl (C=O) groups excluding carboxylic acids is 1. The van der Waals surface area contributed by atoms with Crippen molar-refractivity contribution in [3.8, 4) is 5.69 Å². The number of para-hydroxylation sites is 1. The van der Waals surface area contributed by atoms with Gasteiger partial charge in [-0.3, -0.25) is 4.79 Å². The van der Waals surface area contributed by atoms with Crippen LogP contribution in [0.15, 0.2) is 41.6 Å². The largest absolute Gasteiger partial charge is 0.322 e. The summed E-state index contributed by atoms with van der Waals surface area (Å²) in [5.41, 5.74) is 6.64. The van der Waals surface area contributed by atoms with Crippen molar-refractivity contribution in [3.63, 3.8) is 0 Å². The van der Waals surface area contributed by atoms with Gasteiger partial charge in [-0.1, -0.05) is 25.5 Å². The van der Waals surface area contributed by atoms with Gasteiger partial charge in [0.05, 0.1) is 34.7 Å². The first kappa shape index (κ1) is 20.1. The lowest BCUT2D eigenvalue weighted by molar-refractivity contribution is -0.117. The van der Waals surface area contributed by atoms with Crippen LogP contribution < -0.4 is 11.1 Å². The van der Waals surface area contributed by atoms with Gasteiger partial charge in [0.2, 0.25) is 5.91 Å². The van der Waals surface area contributed by atoms with E-state index in [2.05, 4.69) is 10.4 Å². The van der Waals surface area contributed by atoms with E-state index in [0.717, 1.165) is 12.7 Å². The summed E-state index contributed by atoms with van der Waals surface area (Å²) < 4.78 is 25.1. The van der Waals surface area contributed by atoms with Crippen molar-refractivity contribution in [1.29, 1.82) is 0 Å². The Balaban J connectivity index is 0.00000288. The number of hydrogen-bond donors (Lipinski definition) is 2. The zero-order chi connectivity index (χ0) is 17.0. The van der Waals surface area contributed by atoms with E-state index in [1.807, 2.05) is 6.92 Å². The molecule has 0 fully saturated rings. The van der Waals surface area contributed by atoms with Crippen molar-refractivity contribution in [2.24, 2.45) is 5.73 Å². The monoisotopic (exact) mass is 372 g/mol. The molecular formula is C15H21ClN4O3S. The van der Waals surface area contributed by atoms with Crippen LogP contribution in [0.4, 0.5) is 5.69 Å². The first-order valence-corrected chi connectivity index (χ1v) is 9.12. The molecule has 0 radical (unpaired) electrons. The van der Waals surface area contributed by atoms with E-state index < -0.39 is 15.9 Å². The van der Waals surface area contributed by atoms with Gasteiger partial charge in [0.25, 0.3) is 0 Å². The molecule has 1 aromatic carbocycles. The predicted molar refractivity (Wildman–Crippen MR) is 95.4 cm³/mol. The Hall–Kier alpha value is -1.90. The quantitative estimate of drug-likeness (QED) is 0.803. The molecule has 2 rings (SSSR count). The SMILES string of the molecule is CCCC(N)C(=O)Nc1cnn(-c2ccccc2S(C)(=O)=O)c1.Cl. The summed E-state index contributed by atoms with van der Waals surface area (Å²) in [7, 11) is -3.38. The van der Waals surface area contributed by atoms with Gasteiger partial charge in [-0.25, -0.2) is 13.1 Å². The highest BCUT2D eigenvalue weighted by Crippen LogP contribution is 2.20. The molecule has 132 valence electrons. The summed E-state index contributed by atoms with van der Waals surface area (Å²) in [6.45, 7) is 1.95. The van der Waals surface area contributed by atoms with Gasteiger partial charge in [0.1, 0.15) is 0 Å². The minimum atomic E-state index is -3.38. The highest BCUT2D eigenvalue weighted by Gasteiger charge is 2.16. The van der Waals surface area contributed by atoms with Gasteiger partial charge in [0.15, 0.2) is 9.84 Å². The fraction of sp³-hybridized carbons (Fsp3) is 0.333. The minimum absolute atomic E-state index is 0. The zero-order valence-electron chi connectivity index (χ0n) is 13.5. The second-order valence-corrected chi connectivity index (χ2v) is 7.28. The first-order chi connectivity index (χ1) is 10.8. The van der Waals surface area contributed by atoms with Gasteiger partial charge in [-0.2, -0.15) is 5.10 Å². The number of benzene rings is 1. The molecule has 0 bridgehead atoms. The molecule has 2 aromatic rings. The molecule has 9 heteroatoms. The Morgan fingerprint density at radius 3 is 2.67 bits per heavy atom. The number of halogens is 1. The number of nitrogens with two attached hydrogens (primary N) is 1. The van der Waals surface area contributed by atoms with Gasteiger partial charge in [-0.05, 0) is 18.6 Å². The van der Waals surface area contributed by atoms with Gasteiger partial charge in [-0.15, -0.1) is 12.4 Å². The molecule has 0 aliphatic carbocycles. The van der Waals surface area contributed by atoms with E-state index in [9.17, 15) is 13.2 Å². The molecule has 1 amide bonds. The van der Waals surface area contributed by atoms with E-state index >= 15 is 0 Å². The second-order valence-electron chi connectivity index (χ2n) is 5.30. The average Bonchev–Trinajstić information content (AvgIpc) is 2.95. The number of sulfone groups is 1. The summed E-state index contributed by atoms with van der Waals surface area (Å²) in [5.74, 6) is -0.289. The molecule has 1 unspecified atom stereocenters. The number of amides is 1. The Labute approximate surface area is 147 Å². The van der Waals surface area contributed by atoms with Crippen molar-refractivity contribution in [1.82, 2.24) is 9.78 Å². The number of carbonyl (C=O) groups is 1. The Bertz CT molecular complexity index is 805. The number of nitrogens with zero attached hydrogens (tertiary/aromatic N) is 2. The lowest BCUT2D eigenvalue weighted by Gasteiger charge is -2.09. The van der Waals surface area contributed by atoms with Crippen molar-refractivity contribution in [3.05, 3.63) is 36.7 Å². The number of anilines is 1. The topological polar surface area (TPSA) is 107 Å². The lowest BCUT2D eigenvalue weighted by Crippen LogP contribution is -2.35. The van der Waals surface area contributed by atoms with E-state index in [4.69, 9.17) is 5.73 Å². The van der Waals surface area contributed by atoms with E-state index in [1.165, 1.54) is 16.9 Å². The highest BCUT2D eigenvalue weighted by atomic mass is 35.5. The summed E-state index contributed by atoms with van der Waals surface area (Å²) in [5, 5.41) is 6.79. The third-order valence-electron chi connectivity index (χ3n) is 3.30. The van der Waals surface area contributed by atoms with Crippen LogP contribution in [0.2, 0.25) is 0 Å². The second kappa shape index (κ2) is 8.27. The normalized spacial score (nSPS) is 12.3. The van der Waals surface area contributed by atoms with E-state index in [1.54, 1.807) is 24.4 Å². The zero-order valence-corrected chi connectivity index (χ0v) is 15.1. The average molecular weight is 373 g/mol. The molecule has 0 saturated carbocycles. The summed E-state index contributed by atoms with van der Waals surface area (Å²) in [6.07, 6.45) is 5.56. The molecule has 1 atom stereocenters. The van der Waals surface area contributed by atoms with Crippen LogP contribution in [-0.2, 0) is 14.6 Å². The lowest BCUT2D eigenvalue weighted by atomic mass is 10.2. The van der Waals surface area contributed by atoms with Gasteiger partial charge >= 0.3 is 0 Å². The molecule has 0 aliphatic rings. The maximum absolute atomic E-state index is 11.9. The Morgan fingerprint density at radius 1 is 1.38 bits per heavy atom. The third-order valence-corrected chi connectivity index (χ3v) is 4.44. The molecule has 24 heavy (non-hydrogen) atoms. The minimum Gasteiger partial charge on any atom is -0.322 e. The van der Waals surface area contributed by atoms with Crippen LogP contribution in [0.5, 0.6) is 0 Å². The summed E-state index contributed by atoms with van der Waals surface area (Å²) in [4.78, 5) is 12.1. The number of aromatic nitrogens is 2. The third kappa shape index (κ3) is 4.80. The molecule has 3 N–H and O–H groups in total. The standard InChI is InChI=1S/C15H20N4O3S.ClH/c1-3-6-12(16)15(20)18-11-9-17-19(10-11)13-7-4-5-8-14(13)23(2,21)22;/h4-5,7-10,12H,3,6,16H2,1-2H3,(H,18,20);1H. The molecule has 0 spiro atoms. The van der Waals surface area contributed by atoms with Crippen LogP contribution in [0.3, 0.4) is 0 Å². The fourth-order valence-electron chi connectivity index (χ4n) is 2.16. The summed E-state index contributed by atoms with van der Waals surface area (Å²) in [6, 6.07) is 5.96. The smallest absolute Gasteiger partial charge is 0.241 e. The predicted octanol–water partition coefficient (Wildman–Crippen LogP) is 1.76. The number of nitrogens with one attached hydrogen (secondary N) is 1. The first-order valence-electron chi connectivity index (χ1n) is 7.23. The Kier molecular flexibility index (Phi) is 6.94. The van der Waals surface area contributed by atoms with Gasteiger partial charge < -0.3 is 11.1 Å². The Morgan fingerprint density at radius 2 is 2.04 bits per heavy atom. The maximum Gasteiger partial charge on any atom is 0.241 e.